The molecule has 3 aromatic heterocycles. The Bertz CT molecular complexity index is 971. The summed E-state index contributed by atoms with van der Waals surface area (Å²) in [6, 6.07) is 7.44. The van der Waals surface area contributed by atoms with Crippen LogP contribution in [0.4, 0.5) is 11.4 Å². The van der Waals surface area contributed by atoms with Gasteiger partial charge in [0.25, 0.3) is 5.91 Å². The number of piperidine rings is 1. The second-order valence-electron chi connectivity index (χ2n) is 7.46. The van der Waals surface area contributed by atoms with E-state index in [0.29, 0.717) is 23.7 Å². The van der Waals surface area contributed by atoms with E-state index in [2.05, 4.69) is 37.3 Å². The fourth-order valence-electron chi connectivity index (χ4n) is 4.79. The van der Waals surface area contributed by atoms with Crippen molar-refractivity contribution in [2.45, 2.75) is 43.8 Å². The summed E-state index contributed by atoms with van der Waals surface area (Å²) >= 11 is 0. The van der Waals surface area contributed by atoms with E-state index in [9.17, 15) is 4.79 Å². The van der Waals surface area contributed by atoms with E-state index in [1.807, 2.05) is 24.7 Å². The molecule has 27 heavy (non-hydrogen) atoms. The van der Waals surface area contributed by atoms with E-state index in [0.717, 1.165) is 29.6 Å². The van der Waals surface area contributed by atoms with Crippen LogP contribution in [-0.4, -0.2) is 39.0 Å². The van der Waals surface area contributed by atoms with Crippen LogP contribution >= 0.6 is 0 Å². The van der Waals surface area contributed by atoms with E-state index >= 15 is 0 Å². The second kappa shape index (κ2) is 6.26. The number of nitrogens with zero attached hydrogens (tertiary/aromatic N) is 3. The topological polar surface area (TPSA) is 99.9 Å². The van der Waals surface area contributed by atoms with Gasteiger partial charge in [0.2, 0.25) is 0 Å². The smallest absolute Gasteiger partial charge is 0.252 e. The van der Waals surface area contributed by atoms with E-state index in [1.54, 1.807) is 6.20 Å². The van der Waals surface area contributed by atoms with Crippen LogP contribution in [0, 0.1) is 0 Å². The highest BCUT2D eigenvalue weighted by molar-refractivity contribution is 6.06. The first-order chi connectivity index (χ1) is 13.2. The summed E-state index contributed by atoms with van der Waals surface area (Å²) in [5, 5.41) is 4.55. The maximum Gasteiger partial charge on any atom is 0.252 e. The van der Waals surface area contributed by atoms with Crippen LogP contribution in [-0.2, 0) is 0 Å². The Morgan fingerprint density at radius 1 is 1.19 bits per heavy atom. The zero-order valence-electron chi connectivity index (χ0n) is 14.9. The molecule has 3 aromatic rings. The van der Waals surface area contributed by atoms with Gasteiger partial charge in [0.15, 0.2) is 0 Å². The number of amides is 1. The van der Waals surface area contributed by atoms with E-state index in [1.165, 1.54) is 18.5 Å². The predicted octanol–water partition coefficient (Wildman–Crippen LogP) is 2.67. The lowest BCUT2D eigenvalue weighted by molar-refractivity contribution is 0.100. The lowest BCUT2D eigenvalue weighted by atomic mass is 9.95. The Kier molecular flexibility index (Phi) is 3.74. The Morgan fingerprint density at radius 3 is 2.63 bits per heavy atom. The number of rotatable bonds is 4. The minimum Gasteiger partial charge on any atom is -0.381 e. The molecule has 0 aliphatic carbocycles. The summed E-state index contributed by atoms with van der Waals surface area (Å²) in [7, 11) is 0. The first-order valence-corrected chi connectivity index (χ1v) is 9.41. The molecule has 0 radical (unpaired) electrons. The Morgan fingerprint density at radius 2 is 1.93 bits per heavy atom. The molecule has 1 amide bonds. The molecule has 2 aliphatic rings. The number of anilines is 2. The number of fused-ring (bicyclic) bond motifs is 3. The lowest BCUT2D eigenvalue weighted by Crippen LogP contribution is -2.47. The van der Waals surface area contributed by atoms with Gasteiger partial charge in [0.1, 0.15) is 5.65 Å². The first-order valence-electron chi connectivity index (χ1n) is 9.41. The van der Waals surface area contributed by atoms with Gasteiger partial charge in [-0.3, -0.25) is 9.78 Å². The van der Waals surface area contributed by atoms with Gasteiger partial charge in [-0.15, -0.1) is 0 Å². The highest BCUT2D eigenvalue weighted by Crippen LogP contribution is 2.40. The number of carbonyl (C=O) groups is 1. The number of aromatic amines is 1. The van der Waals surface area contributed by atoms with Crippen molar-refractivity contribution in [1.29, 1.82) is 0 Å². The van der Waals surface area contributed by atoms with Gasteiger partial charge in [-0.2, -0.15) is 0 Å². The van der Waals surface area contributed by atoms with Gasteiger partial charge < -0.3 is 20.9 Å². The Balaban J connectivity index is 1.43. The zero-order chi connectivity index (χ0) is 18.4. The predicted molar refractivity (Wildman–Crippen MR) is 105 cm³/mol. The van der Waals surface area contributed by atoms with Crippen molar-refractivity contribution in [3.05, 3.63) is 48.5 Å². The number of hydrogen-bond donors (Lipinski definition) is 3. The van der Waals surface area contributed by atoms with Gasteiger partial charge >= 0.3 is 0 Å². The Hall–Kier alpha value is -3.09. The maximum absolute atomic E-state index is 11.9. The number of primary amides is 1. The molecule has 0 saturated carbocycles. The van der Waals surface area contributed by atoms with Crippen molar-refractivity contribution >= 4 is 28.3 Å². The van der Waals surface area contributed by atoms with Crippen molar-refractivity contribution in [2.75, 3.05) is 10.2 Å². The number of aromatic nitrogens is 3. The van der Waals surface area contributed by atoms with E-state index in [-0.39, 0.29) is 0 Å². The average molecular weight is 362 g/mol. The van der Waals surface area contributed by atoms with Crippen LogP contribution in [0.2, 0.25) is 0 Å². The SMILES string of the molecule is NC(=O)c1cnc2[nH]ccc2c1N[C@@H]1C[C@H]2CC[C@@H](C1)N2c1ccncc1. The molecular weight excluding hydrogens is 340 g/mol. The van der Waals surface area contributed by atoms with Crippen molar-refractivity contribution in [3.8, 4) is 0 Å². The van der Waals surface area contributed by atoms with Crippen molar-refractivity contribution in [1.82, 2.24) is 15.0 Å². The molecule has 5 rings (SSSR count). The molecule has 2 saturated heterocycles. The molecule has 4 N–H and O–H groups in total. The number of pyridine rings is 2. The van der Waals surface area contributed by atoms with Crippen LogP contribution < -0.4 is 16.0 Å². The highest BCUT2D eigenvalue weighted by atomic mass is 16.1. The van der Waals surface area contributed by atoms with E-state index in [4.69, 9.17) is 5.73 Å². The maximum atomic E-state index is 11.9. The third kappa shape index (κ3) is 2.70. The van der Waals surface area contributed by atoms with Crippen molar-refractivity contribution in [2.24, 2.45) is 5.73 Å². The van der Waals surface area contributed by atoms with Crippen molar-refractivity contribution < 1.29 is 4.79 Å². The molecule has 0 spiro atoms. The lowest BCUT2D eigenvalue weighted by Gasteiger charge is -2.41. The number of hydrogen-bond acceptors (Lipinski definition) is 5. The molecule has 138 valence electrons. The summed E-state index contributed by atoms with van der Waals surface area (Å²) in [5.41, 5.74) is 8.87. The molecule has 0 unspecified atom stereocenters. The fraction of sp³-hybridized carbons (Fsp3) is 0.350. The minimum absolute atomic E-state index is 0.305. The summed E-state index contributed by atoms with van der Waals surface area (Å²) in [5.74, 6) is -0.453. The van der Waals surface area contributed by atoms with Crippen LogP contribution in [0.15, 0.2) is 43.0 Å². The van der Waals surface area contributed by atoms with Gasteiger partial charge in [-0.1, -0.05) is 0 Å². The van der Waals surface area contributed by atoms with Gasteiger partial charge in [-0.05, 0) is 43.9 Å². The summed E-state index contributed by atoms with van der Waals surface area (Å²) in [4.78, 5) is 26.0. The van der Waals surface area contributed by atoms with Gasteiger partial charge in [0.05, 0.1) is 11.3 Å². The molecule has 0 aromatic carbocycles. The second-order valence-corrected chi connectivity index (χ2v) is 7.46. The average Bonchev–Trinajstić information content (AvgIpc) is 3.25. The minimum atomic E-state index is -0.453. The van der Waals surface area contributed by atoms with Crippen LogP contribution in [0.25, 0.3) is 11.0 Å². The normalized spacial score (nSPS) is 24.3. The number of nitrogens with one attached hydrogen (secondary N) is 2. The zero-order valence-corrected chi connectivity index (χ0v) is 14.9. The largest absolute Gasteiger partial charge is 0.381 e. The van der Waals surface area contributed by atoms with Gasteiger partial charge in [-0.25, -0.2) is 4.98 Å². The van der Waals surface area contributed by atoms with Crippen LogP contribution in [0.3, 0.4) is 0 Å². The molecular formula is C20H22N6O. The quantitative estimate of drug-likeness (QED) is 0.662. The molecule has 2 bridgehead atoms. The molecule has 3 atom stereocenters. The molecule has 5 heterocycles. The molecule has 7 heteroatoms. The standard InChI is InChI=1S/C20H22N6O/c21-19(27)17-11-24-20-16(5-8-23-20)18(17)25-12-9-14-1-2-15(10-12)26(14)13-3-6-22-7-4-13/h3-8,11-12,14-15H,1-2,9-10H2,(H2,21,27)(H2,23,24,25)/t12-,14-,15+. The Labute approximate surface area is 157 Å². The molecule has 2 aliphatic heterocycles. The monoisotopic (exact) mass is 362 g/mol. The van der Waals surface area contributed by atoms with Crippen molar-refractivity contribution in [3.63, 3.8) is 0 Å². The molecule has 7 nitrogen and oxygen atoms in total. The summed E-state index contributed by atoms with van der Waals surface area (Å²) in [6.45, 7) is 0. The fourth-order valence-corrected chi connectivity index (χ4v) is 4.79. The number of carbonyl (C=O) groups excluding carboxylic acids is 1. The highest BCUT2D eigenvalue weighted by Gasteiger charge is 2.41. The third-order valence-electron chi connectivity index (χ3n) is 5.89. The molecule has 2 fully saturated rings. The third-order valence-corrected chi connectivity index (χ3v) is 5.89. The summed E-state index contributed by atoms with van der Waals surface area (Å²) in [6.07, 6.45) is 11.6. The van der Waals surface area contributed by atoms with Gasteiger partial charge in [0, 0.05) is 54.0 Å². The van der Waals surface area contributed by atoms with E-state index < -0.39 is 5.91 Å². The van der Waals surface area contributed by atoms with Crippen LogP contribution in [0.5, 0.6) is 0 Å². The number of nitrogens with two attached hydrogens (primary N) is 1. The first kappa shape index (κ1) is 16.1. The number of H-pyrrole nitrogens is 1. The summed E-state index contributed by atoms with van der Waals surface area (Å²) < 4.78 is 0. The van der Waals surface area contributed by atoms with Crippen LogP contribution in [0.1, 0.15) is 36.0 Å².